The smallest absolute Gasteiger partial charge is 0.197 e. The van der Waals surface area contributed by atoms with E-state index in [9.17, 15) is 4.79 Å². The molecule has 0 spiro atoms. The van der Waals surface area contributed by atoms with E-state index in [4.69, 9.17) is 9.40 Å². The first-order valence-electron chi connectivity index (χ1n) is 9.81. The summed E-state index contributed by atoms with van der Waals surface area (Å²) in [7, 11) is 0. The Morgan fingerprint density at radius 2 is 2.00 bits per heavy atom. The highest BCUT2D eigenvalue weighted by molar-refractivity contribution is 5.81. The summed E-state index contributed by atoms with van der Waals surface area (Å²) in [5.41, 5.74) is 5.74. The van der Waals surface area contributed by atoms with Crippen LogP contribution in [0.3, 0.4) is 0 Å². The molecule has 1 aliphatic heterocycles. The van der Waals surface area contributed by atoms with E-state index in [2.05, 4.69) is 30.7 Å². The van der Waals surface area contributed by atoms with E-state index in [0.717, 1.165) is 47.7 Å². The third kappa shape index (κ3) is 3.47. The van der Waals surface area contributed by atoms with E-state index < -0.39 is 0 Å². The van der Waals surface area contributed by atoms with Gasteiger partial charge in [0.25, 0.3) is 0 Å². The predicted octanol–water partition coefficient (Wildman–Crippen LogP) is 4.06. The summed E-state index contributed by atoms with van der Waals surface area (Å²) >= 11 is 0. The first-order chi connectivity index (χ1) is 13.2. The number of benzene rings is 1. The third-order valence-corrected chi connectivity index (χ3v) is 5.37. The zero-order chi connectivity index (χ0) is 20.1. The normalized spacial score (nSPS) is 15.0. The highest BCUT2D eigenvalue weighted by atomic mass is 16.3. The highest BCUT2D eigenvalue weighted by Gasteiger charge is 2.23. The molecule has 146 valence electrons. The van der Waals surface area contributed by atoms with E-state index in [1.807, 2.05) is 32.2 Å². The zero-order valence-electron chi connectivity index (χ0n) is 17.3. The van der Waals surface area contributed by atoms with Gasteiger partial charge in [-0.05, 0) is 31.0 Å². The van der Waals surface area contributed by atoms with Crippen molar-refractivity contribution >= 4 is 11.0 Å². The molecule has 0 amide bonds. The standard InChI is InChI=1S/C23H27N3O2/c1-14-8-15(2)20-19(9-14)28-13-17(21(20)27)12-26-7-6-18-16(11-26)10-24-22(25-18)23(3,4)5/h8-10,13H,6-7,11-12H2,1-5H3. The molecule has 0 aliphatic carbocycles. The Morgan fingerprint density at radius 3 is 2.75 bits per heavy atom. The Morgan fingerprint density at radius 1 is 1.21 bits per heavy atom. The Kier molecular flexibility index (Phi) is 4.58. The lowest BCUT2D eigenvalue weighted by Crippen LogP contribution is -2.33. The fourth-order valence-corrected chi connectivity index (χ4v) is 3.88. The number of hydrogen-bond acceptors (Lipinski definition) is 5. The van der Waals surface area contributed by atoms with Crippen LogP contribution < -0.4 is 5.43 Å². The summed E-state index contributed by atoms with van der Waals surface area (Å²) in [4.78, 5) is 24.6. The fourth-order valence-electron chi connectivity index (χ4n) is 3.88. The van der Waals surface area contributed by atoms with Gasteiger partial charge in [0.15, 0.2) is 5.43 Å². The van der Waals surface area contributed by atoms with Gasteiger partial charge in [0.05, 0.1) is 11.6 Å². The maximum Gasteiger partial charge on any atom is 0.197 e. The van der Waals surface area contributed by atoms with Crippen molar-refractivity contribution in [2.75, 3.05) is 6.54 Å². The van der Waals surface area contributed by atoms with Gasteiger partial charge in [-0.3, -0.25) is 9.69 Å². The summed E-state index contributed by atoms with van der Waals surface area (Å²) in [5, 5.41) is 0.693. The van der Waals surface area contributed by atoms with Gasteiger partial charge in [0.1, 0.15) is 11.4 Å². The van der Waals surface area contributed by atoms with Crippen molar-refractivity contribution in [3.63, 3.8) is 0 Å². The fraction of sp³-hybridized carbons (Fsp3) is 0.435. The first-order valence-corrected chi connectivity index (χ1v) is 9.81. The summed E-state index contributed by atoms with van der Waals surface area (Å²) in [6, 6.07) is 3.96. The summed E-state index contributed by atoms with van der Waals surface area (Å²) in [5.74, 6) is 0.889. The Bertz CT molecular complexity index is 1110. The molecule has 0 N–H and O–H groups in total. The average molecular weight is 377 g/mol. The molecule has 3 aromatic rings. The number of aromatic nitrogens is 2. The van der Waals surface area contributed by atoms with Crippen LogP contribution in [-0.4, -0.2) is 21.4 Å². The van der Waals surface area contributed by atoms with Gasteiger partial charge in [-0.2, -0.15) is 0 Å². The summed E-state index contributed by atoms with van der Waals surface area (Å²) in [6.07, 6.45) is 4.45. The molecule has 0 unspecified atom stereocenters. The minimum absolute atomic E-state index is 0.0492. The molecule has 0 fully saturated rings. The van der Waals surface area contributed by atoms with Crippen LogP contribution in [0.15, 0.2) is 33.8 Å². The molecule has 0 saturated carbocycles. The molecule has 0 bridgehead atoms. The minimum atomic E-state index is -0.0492. The van der Waals surface area contributed by atoms with Gasteiger partial charge in [-0.15, -0.1) is 0 Å². The molecule has 28 heavy (non-hydrogen) atoms. The highest BCUT2D eigenvalue weighted by Crippen LogP contribution is 2.24. The first kappa shape index (κ1) is 18.8. The van der Waals surface area contributed by atoms with Gasteiger partial charge in [-0.1, -0.05) is 26.8 Å². The third-order valence-electron chi connectivity index (χ3n) is 5.37. The molecule has 0 radical (unpaired) electrons. The molecular weight excluding hydrogens is 350 g/mol. The van der Waals surface area contributed by atoms with Gasteiger partial charge in [-0.25, -0.2) is 9.97 Å². The predicted molar refractivity (Wildman–Crippen MR) is 111 cm³/mol. The number of rotatable bonds is 2. The van der Waals surface area contributed by atoms with Crippen molar-refractivity contribution in [2.45, 2.75) is 59.5 Å². The topological polar surface area (TPSA) is 59.2 Å². The number of nitrogens with zero attached hydrogens (tertiary/aromatic N) is 3. The van der Waals surface area contributed by atoms with Crippen LogP contribution in [0.4, 0.5) is 0 Å². The van der Waals surface area contributed by atoms with Crippen LogP contribution in [0.1, 0.15) is 54.5 Å². The largest absolute Gasteiger partial charge is 0.464 e. The van der Waals surface area contributed by atoms with Gasteiger partial charge in [0, 0.05) is 54.5 Å². The van der Waals surface area contributed by atoms with E-state index >= 15 is 0 Å². The van der Waals surface area contributed by atoms with E-state index in [0.29, 0.717) is 23.1 Å². The zero-order valence-corrected chi connectivity index (χ0v) is 17.3. The molecular formula is C23H27N3O2. The van der Waals surface area contributed by atoms with Crippen molar-refractivity contribution in [1.29, 1.82) is 0 Å². The number of aryl methyl sites for hydroxylation is 2. The van der Waals surface area contributed by atoms with Crippen LogP contribution in [0.2, 0.25) is 0 Å². The Hall–Kier alpha value is -2.53. The van der Waals surface area contributed by atoms with E-state index in [-0.39, 0.29) is 10.8 Å². The number of fused-ring (bicyclic) bond motifs is 2. The van der Waals surface area contributed by atoms with Crippen LogP contribution in [-0.2, 0) is 24.9 Å². The quantitative estimate of drug-likeness (QED) is 0.674. The molecule has 1 aromatic carbocycles. The second-order valence-electron chi connectivity index (χ2n) is 8.92. The lowest BCUT2D eigenvalue weighted by atomic mass is 9.95. The molecule has 4 rings (SSSR count). The average Bonchev–Trinajstić information content (AvgIpc) is 2.62. The van der Waals surface area contributed by atoms with Crippen molar-refractivity contribution in [1.82, 2.24) is 14.9 Å². The number of hydrogen-bond donors (Lipinski definition) is 0. The molecule has 5 heteroatoms. The van der Waals surface area contributed by atoms with E-state index in [1.54, 1.807) is 6.26 Å². The lowest BCUT2D eigenvalue weighted by Gasteiger charge is -2.28. The summed E-state index contributed by atoms with van der Waals surface area (Å²) < 4.78 is 5.80. The van der Waals surface area contributed by atoms with Crippen molar-refractivity contribution in [3.05, 3.63) is 68.6 Å². The Labute approximate surface area is 165 Å². The molecule has 2 aromatic heterocycles. The SMILES string of the molecule is Cc1cc(C)c2c(=O)c(CN3CCc4nc(C(C)(C)C)ncc4C3)coc2c1. The second kappa shape index (κ2) is 6.82. The van der Waals surface area contributed by atoms with Crippen LogP contribution in [0.25, 0.3) is 11.0 Å². The van der Waals surface area contributed by atoms with E-state index in [1.165, 1.54) is 0 Å². The maximum atomic E-state index is 13.0. The van der Waals surface area contributed by atoms with Gasteiger partial charge < -0.3 is 4.42 Å². The minimum Gasteiger partial charge on any atom is -0.464 e. The van der Waals surface area contributed by atoms with Crippen molar-refractivity contribution in [2.24, 2.45) is 0 Å². The monoisotopic (exact) mass is 377 g/mol. The molecule has 3 heterocycles. The van der Waals surface area contributed by atoms with Crippen molar-refractivity contribution < 1.29 is 4.42 Å². The molecule has 5 nitrogen and oxygen atoms in total. The Balaban J connectivity index is 1.60. The second-order valence-corrected chi connectivity index (χ2v) is 8.92. The van der Waals surface area contributed by atoms with Crippen LogP contribution in [0.5, 0.6) is 0 Å². The van der Waals surface area contributed by atoms with Gasteiger partial charge >= 0.3 is 0 Å². The maximum absolute atomic E-state index is 13.0. The lowest BCUT2D eigenvalue weighted by molar-refractivity contribution is 0.240. The molecule has 0 atom stereocenters. The van der Waals surface area contributed by atoms with Crippen LogP contribution in [0, 0.1) is 13.8 Å². The summed E-state index contributed by atoms with van der Waals surface area (Å²) in [6.45, 7) is 12.6. The van der Waals surface area contributed by atoms with Gasteiger partial charge in [0.2, 0.25) is 0 Å². The molecule has 1 aliphatic rings. The molecule has 0 saturated heterocycles. The van der Waals surface area contributed by atoms with Crippen molar-refractivity contribution in [3.8, 4) is 0 Å². The van der Waals surface area contributed by atoms with Crippen LogP contribution >= 0.6 is 0 Å².